The molecule has 0 N–H and O–H groups in total. The number of likely N-dealkylation sites (tertiary alicyclic amines) is 1. The highest BCUT2D eigenvalue weighted by atomic mass is 16.5. The van der Waals surface area contributed by atoms with E-state index in [2.05, 4.69) is 0 Å². The molecule has 1 heterocycles. The number of amides is 1. The van der Waals surface area contributed by atoms with E-state index in [0.717, 1.165) is 12.8 Å². The molecule has 0 radical (unpaired) electrons. The zero-order chi connectivity index (χ0) is 14.5. The summed E-state index contributed by atoms with van der Waals surface area (Å²) >= 11 is 0. The van der Waals surface area contributed by atoms with Crippen molar-refractivity contribution >= 4 is 11.9 Å². The number of hydrogen-bond acceptors (Lipinski definition) is 4. The molecule has 1 amide bonds. The maximum absolute atomic E-state index is 12.2. The molecule has 0 aromatic carbocycles. The van der Waals surface area contributed by atoms with Crippen molar-refractivity contribution in [1.29, 1.82) is 0 Å². The molecule has 5 heteroatoms. The third-order valence-corrected chi connectivity index (χ3v) is 3.01. The SMILES string of the molecule is CCOC(=O)C1CCCCN1C(=O)COC(C)(C)C. The molecule has 19 heavy (non-hydrogen) atoms. The molecule has 0 aromatic heterocycles. The second kappa shape index (κ2) is 6.89. The van der Waals surface area contributed by atoms with Gasteiger partial charge in [-0.3, -0.25) is 4.79 Å². The van der Waals surface area contributed by atoms with E-state index in [0.29, 0.717) is 19.6 Å². The Hall–Kier alpha value is -1.10. The number of esters is 1. The number of ether oxygens (including phenoxy) is 2. The normalized spacial score (nSPS) is 20.2. The predicted octanol–water partition coefficient (Wildman–Crippen LogP) is 1.75. The molecule has 1 aliphatic rings. The Kier molecular flexibility index (Phi) is 5.79. The second-order valence-corrected chi connectivity index (χ2v) is 5.75. The number of hydrogen-bond donors (Lipinski definition) is 0. The summed E-state index contributed by atoms with van der Waals surface area (Å²) in [5.74, 6) is -0.431. The zero-order valence-electron chi connectivity index (χ0n) is 12.4. The highest BCUT2D eigenvalue weighted by molar-refractivity contribution is 5.85. The summed E-state index contributed by atoms with van der Waals surface area (Å²) < 4.78 is 10.5. The molecule has 1 rings (SSSR count). The molecule has 0 bridgehead atoms. The average Bonchev–Trinajstić information content (AvgIpc) is 2.35. The van der Waals surface area contributed by atoms with Crippen molar-refractivity contribution in [2.24, 2.45) is 0 Å². The van der Waals surface area contributed by atoms with Crippen LogP contribution in [0, 0.1) is 0 Å². The van der Waals surface area contributed by atoms with Crippen LogP contribution in [0.3, 0.4) is 0 Å². The van der Waals surface area contributed by atoms with Crippen LogP contribution < -0.4 is 0 Å². The van der Waals surface area contributed by atoms with E-state index in [-0.39, 0.29) is 24.1 Å². The Bertz CT molecular complexity index is 322. The summed E-state index contributed by atoms with van der Waals surface area (Å²) in [6, 6.07) is -0.440. The van der Waals surface area contributed by atoms with E-state index < -0.39 is 6.04 Å². The fourth-order valence-electron chi connectivity index (χ4n) is 2.07. The lowest BCUT2D eigenvalue weighted by Gasteiger charge is -2.34. The van der Waals surface area contributed by atoms with Gasteiger partial charge in [0.1, 0.15) is 12.6 Å². The maximum atomic E-state index is 12.2. The number of piperidine rings is 1. The summed E-state index contributed by atoms with van der Waals surface area (Å²) in [6.07, 6.45) is 2.56. The van der Waals surface area contributed by atoms with Crippen molar-refractivity contribution in [3.05, 3.63) is 0 Å². The minimum atomic E-state index is -0.440. The molecule has 0 spiro atoms. The molecule has 1 aliphatic heterocycles. The number of nitrogens with zero attached hydrogens (tertiary/aromatic N) is 1. The highest BCUT2D eigenvalue weighted by Gasteiger charge is 2.33. The first kappa shape index (κ1) is 16.0. The molecule has 0 saturated carbocycles. The van der Waals surface area contributed by atoms with E-state index in [1.54, 1.807) is 11.8 Å². The minimum Gasteiger partial charge on any atom is -0.464 e. The number of carbonyl (C=O) groups is 2. The Morgan fingerprint density at radius 2 is 1.95 bits per heavy atom. The topological polar surface area (TPSA) is 55.8 Å². The van der Waals surface area contributed by atoms with Crippen LogP contribution in [0.5, 0.6) is 0 Å². The molecule has 1 fully saturated rings. The van der Waals surface area contributed by atoms with Gasteiger partial charge in [-0.15, -0.1) is 0 Å². The van der Waals surface area contributed by atoms with Gasteiger partial charge in [0.15, 0.2) is 0 Å². The number of carbonyl (C=O) groups excluding carboxylic acids is 2. The van der Waals surface area contributed by atoms with Crippen molar-refractivity contribution in [2.75, 3.05) is 19.8 Å². The third-order valence-electron chi connectivity index (χ3n) is 3.01. The quantitative estimate of drug-likeness (QED) is 0.731. The Morgan fingerprint density at radius 3 is 2.53 bits per heavy atom. The summed E-state index contributed by atoms with van der Waals surface area (Å²) in [7, 11) is 0. The highest BCUT2D eigenvalue weighted by Crippen LogP contribution is 2.19. The molecule has 0 aromatic rings. The van der Waals surface area contributed by atoms with Gasteiger partial charge in [-0.1, -0.05) is 0 Å². The summed E-state index contributed by atoms with van der Waals surface area (Å²) in [5, 5.41) is 0. The molecule has 0 aliphatic carbocycles. The maximum Gasteiger partial charge on any atom is 0.328 e. The van der Waals surface area contributed by atoms with Gasteiger partial charge in [-0.2, -0.15) is 0 Å². The van der Waals surface area contributed by atoms with Crippen molar-refractivity contribution in [3.8, 4) is 0 Å². The van der Waals surface area contributed by atoms with Crippen molar-refractivity contribution in [3.63, 3.8) is 0 Å². The van der Waals surface area contributed by atoms with E-state index >= 15 is 0 Å². The monoisotopic (exact) mass is 271 g/mol. The van der Waals surface area contributed by atoms with Crippen LogP contribution in [0.4, 0.5) is 0 Å². The fraction of sp³-hybridized carbons (Fsp3) is 0.857. The summed E-state index contributed by atoms with van der Waals surface area (Å²) in [4.78, 5) is 25.6. The lowest BCUT2D eigenvalue weighted by Crippen LogP contribution is -2.50. The van der Waals surface area contributed by atoms with E-state index in [9.17, 15) is 9.59 Å². The van der Waals surface area contributed by atoms with Crippen LogP contribution >= 0.6 is 0 Å². The molecule has 5 nitrogen and oxygen atoms in total. The molecule has 1 atom stereocenters. The molecular weight excluding hydrogens is 246 g/mol. The lowest BCUT2D eigenvalue weighted by molar-refractivity contribution is -0.159. The zero-order valence-corrected chi connectivity index (χ0v) is 12.4. The first-order valence-corrected chi connectivity index (χ1v) is 6.95. The molecule has 1 unspecified atom stereocenters. The van der Waals surface area contributed by atoms with Gasteiger partial charge in [0.25, 0.3) is 0 Å². The first-order valence-electron chi connectivity index (χ1n) is 6.95. The van der Waals surface area contributed by atoms with E-state index in [4.69, 9.17) is 9.47 Å². The minimum absolute atomic E-state index is 0.0133. The average molecular weight is 271 g/mol. The number of rotatable bonds is 4. The summed E-state index contributed by atoms with van der Waals surface area (Å²) in [6.45, 7) is 8.44. The Balaban J connectivity index is 2.61. The third kappa shape index (κ3) is 5.19. The second-order valence-electron chi connectivity index (χ2n) is 5.75. The van der Waals surface area contributed by atoms with Gasteiger partial charge in [0.05, 0.1) is 12.2 Å². The first-order chi connectivity index (χ1) is 8.85. The van der Waals surface area contributed by atoms with Gasteiger partial charge in [-0.25, -0.2) is 4.79 Å². The van der Waals surface area contributed by atoms with Crippen LogP contribution in [-0.4, -0.2) is 48.2 Å². The molecule has 110 valence electrons. The van der Waals surface area contributed by atoms with Gasteiger partial charge in [-0.05, 0) is 47.0 Å². The standard InChI is InChI=1S/C14H25NO4/c1-5-18-13(17)11-8-6-7-9-15(11)12(16)10-19-14(2,3)4/h11H,5-10H2,1-4H3. The lowest BCUT2D eigenvalue weighted by atomic mass is 10.0. The Morgan fingerprint density at radius 1 is 1.26 bits per heavy atom. The van der Waals surface area contributed by atoms with Crippen molar-refractivity contribution in [1.82, 2.24) is 4.90 Å². The van der Waals surface area contributed by atoms with Crippen molar-refractivity contribution < 1.29 is 19.1 Å². The Labute approximate surface area is 115 Å². The largest absolute Gasteiger partial charge is 0.464 e. The van der Waals surface area contributed by atoms with Gasteiger partial charge in [0, 0.05) is 6.54 Å². The smallest absolute Gasteiger partial charge is 0.328 e. The van der Waals surface area contributed by atoms with Crippen LogP contribution in [0.2, 0.25) is 0 Å². The summed E-state index contributed by atoms with van der Waals surface area (Å²) in [5.41, 5.74) is -0.356. The molecule has 1 saturated heterocycles. The van der Waals surface area contributed by atoms with Crippen LogP contribution in [-0.2, 0) is 19.1 Å². The van der Waals surface area contributed by atoms with Crippen LogP contribution in [0.25, 0.3) is 0 Å². The van der Waals surface area contributed by atoms with Gasteiger partial charge >= 0.3 is 5.97 Å². The van der Waals surface area contributed by atoms with E-state index in [1.807, 2.05) is 20.8 Å². The van der Waals surface area contributed by atoms with Crippen molar-refractivity contribution in [2.45, 2.75) is 58.6 Å². The molecular formula is C14H25NO4. The van der Waals surface area contributed by atoms with E-state index in [1.165, 1.54) is 0 Å². The van der Waals surface area contributed by atoms with Gasteiger partial charge < -0.3 is 14.4 Å². The van der Waals surface area contributed by atoms with Crippen LogP contribution in [0.15, 0.2) is 0 Å². The van der Waals surface area contributed by atoms with Gasteiger partial charge in [0.2, 0.25) is 5.91 Å². The predicted molar refractivity (Wildman–Crippen MR) is 71.7 cm³/mol. The fourth-order valence-corrected chi connectivity index (χ4v) is 2.07. The van der Waals surface area contributed by atoms with Crippen LogP contribution in [0.1, 0.15) is 47.0 Å².